The van der Waals surface area contributed by atoms with Gasteiger partial charge in [0.25, 0.3) is 17.7 Å². The van der Waals surface area contributed by atoms with Gasteiger partial charge in [0.2, 0.25) is 11.6 Å². The van der Waals surface area contributed by atoms with Gasteiger partial charge in [-0.1, -0.05) is 36.4 Å². The Hall–Kier alpha value is -4.87. The lowest BCUT2D eigenvalue weighted by Crippen LogP contribution is -2.33. The number of likely N-dealkylation sites (tertiary alicyclic amines) is 1. The highest BCUT2D eigenvalue weighted by Gasteiger charge is 2.34. The molecular formula is C31H28F2N4O5. The van der Waals surface area contributed by atoms with Crippen molar-refractivity contribution in [3.8, 4) is 34.4 Å². The molecule has 1 aliphatic heterocycles. The highest BCUT2D eigenvalue weighted by atomic mass is 19.1. The number of amides is 1. The molecular weight excluding hydrogens is 546 g/mol. The first-order valence-corrected chi connectivity index (χ1v) is 13.2. The number of hydrogen-bond acceptors (Lipinski definition) is 7. The van der Waals surface area contributed by atoms with Crippen LogP contribution in [0.15, 0.2) is 66.7 Å². The first kappa shape index (κ1) is 28.7. The molecule has 1 aliphatic rings. The second kappa shape index (κ2) is 11.9. The number of carboxylic acids is 1. The molecule has 0 aliphatic carbocycles. The maximum atomic E-state index is 15.9. The van der Waals surface area contributed by atoms with Gasteiger partial charge in [0, 0.05) is 25.7 Å². The van der Waals surface area contributed by atoms with Crippen LogP contribution in [0, 0.1) is 18.6 Å². The molecule has 11 heteroatoms. The van der Waals surface area contributed by atoms with Gasteiger partial charge in [0.15, 0.2) is 0 Å². The topological polar surface area (TPSA) is 141 Å². The summed E-state index contributed by atoms with van der Waals surface area (Å²) in [5, 5.41) is 9.60. The molecule has 1 atom stereocenters. The molecule has 4 aromatic rings. The van der Waals surface area contributed by atoms with Crippen molar-refractivity contribution in [1.29, 1.82) is 0 Å². The molecule has 216 valence electrons. The Morgan fingerprint density at radius 2 is 1.69 bits per heavy atom. The number of carbonyl (C=O) groups excluding carboxylic acids is 1. The van der Waals surface area contributed by atoms with Crippen LogP contribution in [-0.4, -0.2) is 46.0 Å². The van der Waals surface area contributed by atoms with Crippen molar-refractivity contribution in [1.82, 2.24) is 9.88 Å². The molecule has 2 heterocycles. The molecule has 0 saturated carbocycles. The first-order chi connectivity index (χ1) is 20.1. The van der Waals surface area contributed by atoms with E-state index >= 15 is 8.78 Å². The van der Waals surface area contributed by atoms with E-state index in [4.69, 9.17) is 20.9 Å². The van der Waals surface area contributed by atoms with Crippen LogP contribution in [0.1, 0.15) is 38.3 Å². The fraction of sp³-hybridized carbons (Fsp3) is 0.194. The number of aromatic nitrogens is 1. The number of ether oxygens (including phenoxy) is 2. The van der Waals surface area contributed by atoms with Crippen LogP contribution in [0.25, 0.3) is 11.1 Å². The molecule has 0 radical (unpaired) electrons. The fourth-order valence-electron chi connectivity index (χ4n) is 4.68. The van der Waals surface area contributed by atoms with Crippen LogP contribution < -0.4 is 20.9 Å². The van der Waals surface area contributed by atoms with E-state index in [1.54, 1.807) is 31.2 Å². The van der Waals surface area contributed by atoms with Crippen LogP contribution in [-0.2, 0) is 6.54 Å². The van der Waals surface area contributed by atoms with Crippen molar-refractivity contribution in [2.45, 2.75) is 25.9 Å². The Bertz CT molecular complexity index is 1680. The summed E-state index contributed by atoms with van der Waals surface area (Å²) < 4.78 is 43.0. The number of halogens is 2. The molecule has 42 heavy (non-hydrogen) atoms. The Morgan fingerprint density at radius 3 is 2.36 bits per heavy atom. The number of nitrogens with zero attached hydrogens (tertiary/aromatic N) is 2. The van der Waals surface area contributed by atoms with Crippen molar-refractivity contribution < 1.29 is 33.0 Å². The highest BCUT2D eigenvalue weighted by Crippen LogP contribution is 2.36. The molecule has 1 fully saturated rings. The average molecular weight is 575 g/mol. The summed E-state index contributed by atoms with van der Waals surface area (Å²) >= 11 is 0. The summed E-state index contributed by atoms with van der Waals surface area (Å²) in [6, 6.07) is 18.1. The van der Waals surface area contributed by atoms with E-state index in [0.29, 0.717) is 18.5 Å². The summed E-state index contributed by atoms with van der Waals surface area (Å²) in [4.78, 5) is 30.2. The Labute approximate surface area is 240 Å². The van der Waals surface area contributed by atoms with Crippen molar-refractivity contribution in [3.05, 3.63) is 101 Å². The number of nitrogens with two attached hydrogens (primary N) is 2. The number of aryl methyl sites for hydroxylation is 1. The molecule has 1 saturated heterocycles. The third kappa shape index (κ3) is 5.92. The van der Waals surface area contributed by atoms with Crippen molar-refractivity contribution in [2.24, 2.45) is 11.5 Å². The van der Waals surface area contributed by atoms with Gasteiger partial charge in [-0.05, 0) is 65.9 Å². The maximum Gasteiger partial charge on any atom is 0.339 e. The van der Waals surface area contributed by atoms with Gasteiger partial charge in [-0.3, -0.25) is 4.79 Å². The SMILES string of the molecule is Cc1ccc(C(=O)O)c(Oc2nc(Oc3cccc(-c4cccc(CN)c4)c3)c(F)c(C(=O)N3CCC(N)C3)c2F)c1. The Kier molecular flexibility index (Phi) is 8.14. The van der Waals surface area contributed by atoms with Gasteiger partial charge < -0.3 is 30.9 Å². The smallest absolute Gasteiger partial charge is 0.339 e. The summed E-state index contributed by atoms with van der Waals surface area (Å²) in [6.07, 6.45) is 0.468. The quantitative estimate of drug-likeness (QED) is 0.259. The van der Waals surface area contributed by atoms with E-state index in [-0.39, 0.29) is 36.2 Å². The normalized spacial score (nSPS) is 14.6. The lowest BCUT2D eigenvalue weighted by atomic mass is 10.0. The maximum absolute atomic E-state index is 15.9. The predicted octanol–water partition coefficient (Wildman–Crippen LogP) is 5.25. The third-order valence-corrected chi connectivity index (χ3v) is 6.86. The van der Waals surface area contributed by atoms with Crippen LogP contribution in [0.4, 0.5) is 8.78 Å². The second-order valence-electron chi connectivity index (χ2n) is 9.97. The summed E-state index contributed by atoms with van der Waals surface area (Å²) in [5.74, 6) is -6.65. The zero-order valence-electron chi connectivity index (χ0n) is 22.6. The predicted molar refractivity (Wildman–Crippen MR) is 151 cm³/mol. The molecule has 3 aromatic carbocycles. The lowest BCUT2D eigenvalue weighted by molar-refractivity contribution is 0.0692. The zero-order chi connectivity index (χ0) is 30.0. The standard InChI is InChI=1S/C31H28F2N4O5/c1-17-8-9-23(31(39)40)24(12-17)42-29-27(33)25(30(38)37-11-10-21(35)16-37)26(32)28(36-29)41-22-7-3-6-20(14-22)19-5-2-4-18(13-19)15-34/h2-9,12-14,21H,10-11,15-16,34-35H2,1H3,(H,39,40). The van der Waals surface area contributed by atoms with E-state index in [1.165, 1.54) is 17.0 Å². The number of aromatic carboxylic acids is 1. The average Bonchev–Trinajstić information content (AvgIpc) is 3.42. The van der Waals surface area contributed by atoms with Crippen LogP contribution >= 0.6 is 0 Å². The largest absolute Gasteiger partial charge is 0.478 e. The van der Waals surface area contributed by atoms with Gasteiger partial charge >= 0.3 is 5.97 Å². The summed E-state index contributed by atoms with van der Waals surface area (Å²) in [6.45, 7) is 2.35. The lowest BCUT2D eigenvalue weighted by Gasteiger charge is -2.19. The molecule has 0 spiro atoms. The van der Waals surface area contributed by atoms with E-state index in [9.17, 15) is 14.7 Å². The van der Waals surface area contributed by atoms with E-state index < -0.39 is 40.8 Å². The number of benzene rings is 3. The summed E-state index contributed by atoms with van der Waals surface area (Å²) in [7, 11) is 0. The number of hydrogen-bond donors (Lipinski definition) is 3. The molecule has 9 nitrogen and oxygen atoms in total. The fourth-order valence-corrected chi connectivity index (χ4v) is 4.68. The van der Waals surface area contributed by atoms with Gasteiger partial charge in [-0.25, -0.2) is 4.79 Å². The molecule has 5 rings (SSSR count). The molecule has 0 bridgehead atoms. The number of carbonyl (C=O) groups is 2. The Balaban J connectivity index is 1.59. The molecule has 5 N–H and O–H groups in total. The number of carboxylic acid groups (broad SMARTS) is 1. The van der Waals surface area contributed by atoms with Gasteiger partial charge in [0.05, 0.1) is 0 Å². The van der Waals surface area contributed by atoms with Crippen LogP contribution in [0.3, 0.4) is 0 Å². The molecule has 1 aromatic heterocycles. The summed E-state index contributed by atoms with van der Waals surface area (Å²) in [5.41, 5.74) is 13.6. The number of rotatable bonds is 8. The monoisotopic (exact) mass is 574 g/mol. The Morgan fingerprint density at radius 1 is 1.00 bits per heavy atom. The molecule has 1 amide bonds. The van der Waals surface area contributed by atoms with E-state index in [2.05, 4.69) is 4.98 Å². The van der Waals surface area contributed by atoms with Crippen LogP contribution in [0.5, 0.6) is 23.3 Å². The minimum absolute atomic E-state index is 0.109. The van der Waals surface area contributed by atoms with Crippen LogP contribution in [0.2, 0.25) is 0 Å². The van der Waals surface area contributed by atoms with Gasteiger partial charge in [-0.2, -0.15) is 13.8 Å². The minimum Gasteiger partial charge on any atom is -0.478 e. The zero-order valence-corrected chi connectivity index (χ0v) is 22.6. The van der Waals surface area contributed by atoms with Crippen molar-refractivity contribution in [2.75, 3.05) is 13.1 Å². The van der Waals surface area contributed by atoms with Gasteiger partial charge in [-0.15, -0.1) is 0 Å². The van der Waals surface area contributed by atoms with Crippen molar-refractivity contribution >= 4 is 11.9 Å². The van der Waals surface area contributed by atoms with Crippen molar-refractivity contribution in [3.63, 3.8) is 0 Å². The van der Waals surface area contributed by atoms with E-state index in [1.807, 2.05) is 30.3 Å². The highest BCUT2D eigenvalue weighted by molar-refractivity contribution is 5.96. The van der Waals surface area contributed by atoms with E-state index in [0.717, 1.165) is 16.7 Å². The number of pyridine rings is 1. The minimum atomic E-state index is -1.39. The first-order valence-electron chi connectivity index (χ1n) is 13.2. The second-order valence-corrected chi connectivity index (χ2v) is 9.97. The molecule has 1 unspecified atom stereocenters. The van der Waals surface area contributed by atoms with Gasteiger partial charge in [0.1, 0.15) is 22.6 Å². The third-order valence-electron chi connectivity index (χ3n) is 6.86.